The molecule has 148 valence electrons. The third-order valence-electron chi connectivity index (χ3n) is 0.623. The zero-order valence-electron chi connectivity index (χ0n) is 10.8. The van der Waals surface area contributed by atoms with Crippen LogP contribution in [-0.4, -0.2) is 51.8 Å². The van der Waals surface area contributed by atoms with Gasteiger partial charge in [-0.05, 0) is 23.2 Å². The molecule has 0 aliphatic rings. The maximum absolute atomic E-state index is 9.73. The smallest absolute Gasteiger partial charge is 0.406 e. The molecule has 0 atom stereocenters. The van der Waals surface area contributed by atoms with E-state index in [1.807, 2.05) is 0 Å². The molecule has 14 heteroatoms. The second-order valence-corrected chi connectivity index (χ2v) is 3.61. The van der Waals surface area contributed by atoms with E-state index in [0.717, 1.165) is 0 Å². The van der Waals surface area contributed by atoms with Crippen molar-refractivity contribution in [1.29, 1.82) is 0 Å². The normalized spacial score (nSPS) is 7.00. The van der Waals surface area contributed by atoms with Crippen LogP contribution in [0.3, 0.4) is 0 Å². The Kier molecular flexibility index (Phi) is 54.5. The van der Waals surface area contributed by atoms with E-state index < -0.39 is 34.9 Å². The fourth-order valence-electron chi connectivity index (χ4n) is 0.231. The number of halogens is 4. The minimum Gasteiger partial charge on any atom is -0.416 e. The average Bonchev–Trinajstić information content (AvgIpc) is 2.28. The molecule has 0 radical (unpaired) electrons. The van der Waals surface area contributed by atoms with E-state index in [1.165, 1.54) is 0 Å². The summed E-state index contributed by atoms with van der Waals surface area (Å²) in [5.74, 6) is 0. The third kappa shape index (κ3) is 102. The van der Waals surface area contributed by atoms with E-state index in [4.69, 9.17) is 33.4 Å². The Bertz CT molecular complexity index is 293. The number of ether oxygens (including phenoxy) is 2. The van der Waals surface area contributed by atoms with Gasteiger partial charge in [0.2, 0.25) is 17.3 Å². The molecule has 0 fully saturated rings. The third-order valence-corrected chi connectivity index (χ3v) is 1.11. The van der Waals surface area contributed by atoms with Crippen LogP contribution >= 0.6 is 46.4 Å². The van der Waals surface area contributed by atoms with Gasteiger partial charge in [0.1, 0.15) is 6.79 Å². The molecule has 6 N–H and O–H groups in total. The first-order valence-electron chi connectivity index (χ1n) is 4.71. The molecule has 24 heavy (non-hydrogen) atoms. The fraction of sp³-hybridized carbons (Fsp3) is 0.600. The molecule has 0 saturated heterocycles. The lowest BCUT2D eigenvalue weighted by Crippen LogP contribution is -2.08. The monoisotopic (exact) mass is 438 g/mol. The van der Waals surface area contributed by atoms with Crippen LogP contribution in [0.2, 0.25) is 0 Å². The van der Waals surface area contributed by atoms with Gasteiger partial charge >= 0.3 is 10.9 Å². The Morgan fingerprint density at radius 3 is 1.08 bits per heavy atom. The number of aliphatic hydroxyl groups excluding tert-OH is 1. The van der Waals surface area contributed by atoms with Crippen LogP contribution in [0.25, 0.3) is 0 Å². The van der Waals surface area contributed by atoms with E-state index in [0.29, 0.717) is 0 Å². The SMILES string of the molecule is C.C.NCN.O=C(Cl)CC(=O)Cl.O=C(Cl)OCOC(=O)Cl.OCO. The van der Waals surface area contributed by atoms with Gasteiger partial charge in [0.15, 0.2) is 0 Å². The van der Waals surface area contributed by atoms with Gasteiger partial charge in [-0.25, -0.2) is 9.59 Å². The van der Waals surface area contributed by atoms with Crippen LogP contribution in [-0.2, 0) is 19.1 Å². The molecule has 0 amide bonds. The minimum atomic E-state index is -1.05. The Hall–Kier alpha value is -0.720. The zero-order chi connectivity index (χ0) is 18.6. The number of carbonyl (C=O) groups is 4. The summed E-state index contributed by atoms with van der Waals surface area (Å²) < 4.78 is 7.90. The van der Waals surface area contributed by atoms with E-state index in [-0.39, 0.29) is 27.9 Å². The minimum absolute atomic E-state index is 0. The summed E-state index contributed by atoms with van der Waals surface area (Å²) in [7, 11) is 0. The van der Waals surface area contributed by atoms with Crippen LogP contribution in [0.15, 0.2) is 0 Å². The summed E-state index contributed by atoms with van der Waals surface area (Å²) in [6, 6.07) is 0. The highest BCUT2D eigenvalue weighted by Gasteiger charge is 2.00. The van der Waals surface area contributed by atoms with E-state index in [1.54, 1.807) is 0 Å². The number of rotatable bonds is 4. The van der Waals surface area contributed by atoms with Crippen molar-refractivity contribution in [3.05, 3.63) is 0 Å². The van der Waals surface area contributed by atoms with Gasteiger partial charge in [0.05, 0.1) is 6.42 Å². The molecule has 0 aromatic rings. The van der Waals surface area contributed by atoms with Gasteiger partial charge in [-0.3, -0.25) is 9.59 Å². The molecule has 0 aliphatic carbocycles. The van der Waals surface area contributed by atoms with E-state index in [2.05, 4.69) is 44.1 Å². The molecule has 0 aromatic heterocycles. The molecule has 0 unspecified atom stereocenters. The Labute approximate surface area is 159 Å². The number of hydrogen-bond donors (Lipinski definition) is 4. The predicted molar refractivity (Wildman–Crippen MR) is 91.9 cm³/mol. The van der Waals surface area contributed by atoms with Crippen molar-refractivity contribution in [2.24, 2.45) is 11.5 Å². The van der Waals surface area contributed by atoms with Crippen molar-refractivity contribution < 1.29 is 38.9 Å². The van der Waals surface area contributed by atoms with Crippen molar-refractivity contribution in [2.75, 3.05) is 20.3 Å². The molecule has 0 heterocycles. The fourth-order valence-corrected chi connectivity index (χ4v) is 0.632. The molecule has 0 spiro atoms. The van der Waals surface area contributed by atoms with Crippen molar-refractivity contribution >= 4 is 67.7 Å². The molecule has 0 saturated carbocycles. The molecule has 0 bridgehead atoms. The first kappa shape index (κ1) is 38.7. The summed E-state index contributed by atoms with van der Waals surface area (Å²) in [6.07, 6.45) is -0.386. The number of aliphatic hydroxyl groups is 2. The highest BCUT2D eigenvalue weighted by atomic mass is 35.5. The lowest BCUT2D eigenvalue weighted by Gasteiger charge is -1.96. The van der Waals surface area contributed by atoms with Crippen LogP contribution in [0.4, 0.5) is 9.59 Å². The van der Waals surface area contributed by atoms with Gasteiger partial charge in [-0.15, -0.1) is 0 Å². The topological polar surface area (TPSA) is 179 Å². The van der Waals surface area contributed by atoms with Crippen LogP contribution in [0.5, 0.6) is 0 Å². The van der Waals surface area contributed by atoms with Crippen LogP contribution < -0.4 is 11.5 Å². The van der Waals surface area contributed by atoms with Gasteiger partial charge < -0.3 is 31.2 Å². The lowest BCUT2D eigenvalue weighted by molar-refractivity contribution is -0.118. The second kappa shape index (κ2) is 33.8. The Morgan fingerprint density at radius 2 is 1.00 bits per heavy atom. The number of carbonyl (C=O) groups excluding carboxylic acids is 4. The quantitative estimate of drug-likeness (QED) is 0.285. The maximum atomic E-state index is 9.73. The zero-order valence-corrected chi connectivity index (χ0v) is 13.9. The van der Waals surface area contributed by atoms with Crippen LogP contribution in [0.1, 0.15) is 21.3 Å². The van der Waals surface area contributed by atoms with Crippen molar-refractivity contribution in [3.8, 4) is 0 Å². The highest BCUT2D eigenvalue weighted by molar-refractivity contribution is 6.72. The van der Waals surface area contributed by atoms with Gasteiger partial charge in [-0.2, -0.15) is 0 Å². The van der Waals surface area contributed by atoms with E-state index >= 15 is 0 Å². The van der Waals surface area contributed by atoms with Crippen molar-refractivity contribution in [2.45, 2.75) is 21.3 Å². The molecule has 0 aromatic carbocycles. The lowest BCUT2D eigenvalue weighted by atomic mass is 10.5. The molecule has 0 aliphatic heterocycles. The van der Waals surface area contributed by atoms with Crippen molar-refractivity contribution in [3.63, 3.8) is 0 Å². The predicted octanol–water partition coefficient (Wildman–Crippen LogP) is 1.66. The first-order chi connectivity index (χ1) is 10.1. The summed E-state index contributed by atoms with van der Waals surface area (Å²) >= 11 is 18.8. The highest BCUT2D eigenvalue weighted by Crippen LogP contribution is 1.92. The van der Waals surface area contributed by atoms with Crippen molar-refractivity contribution in [1.82, 2.24) is 0 Å². The standard InChI is InChI=1S/C3H2Cl2O4.C3H2Cl2O2.CH6N2.CH4O2.2CH4/c4-2(6)8-1-9-3(5)7;4-2(6)1-3(5)7;2*2-1-3;;/h1H2;1H2;1-3H2;2-3H,1H2;2*1H4. The van der Waals surface area contributed by atoms with Crippen LogP contribution in [0, 0.1) is 0 Å². The molecule has 10 nitrogen and oxygen atoms in total. The van der Waals surface area contributed by atoms with Gasteiger partial charge in [0.25, 0.3) is 0 Å². The maximum Gasteiger partial charge on any atom is 0.406 e. The molecular formula is C10H22Cl4N2O8. The van der Waals surface area contributed by atoms with E-state index in [9.17, 15) is 19.2 Å². The second-order valence-electron chi connectivity index (χ2n) is 2.15. The number of hydrogen-bond acceptors (Lipinski definition) is 10. The Balaban J connectivity index is -0.0000000485. The van der Waals surface area contributed by atoms with Gasteiger partial charge in [0, 0.05) is 29.9 Å². The first-order valence-corrected chi connectivity index (χ1v) is 6.23. The summed E-state index contributed by atoms with van der Waals surface area (Å²) in [5, 5.41) is 12.8. The average molecular weight is 440 g/mol. The van der Waals surface area contributed by atoms with Gasteiger partial charge in [-0.1, -0.05) is 14.9 Å². The molecular weight excluding hydrogens is 418 g/mol. The summed E-state index contributed by atoms with van der Waals surface area (Å²) in [5.41, 5.74) is 7.15. The molecule has 0 rings (SSSR count). The number of nitrogens with two attached hydrogens (primary N) is 2. The summed E-state index contributed by atoms with van der Waals surface area (Å²) in [6.45, 7) is -1.05. The summed E-state index contributed by atoms with van der Waals surface area (Å²) in [4.78, 5) is 38.9. The largest absolute Gasteiger partial charge is 0.416 e. The Morgan fingerprint density at radius 1 is 0.792 bits per heavy atom.